The van der Waals surface area contributed by atoms with Crippen molar-refractivity contribution in [1.82, 2.24) is 5.32 Å². The Hall–Kier alpha value is -0.940. The van der Waals surface area contributed by atoms with Crippen molar-refractivity contribution in [3.63, 3.8) is 0 Å². The fourth-order valence-electron chi connectivity index (χ4n) is 2.67. The molecule has 5 heteroatoms. The number of carbonyl (C=O) groups excluding carboxylic acids is 1. The van der Waals surface area contributed by atoms with Crippen LogP contribution in [0, 0.1) is 17.7 Å². The van der Waals surface area contributed by atoms with E-state index in [0.29, 0.717) is 23.6 Å². The molecule has 2 aliphatic rings. The molecule has 108 valence electrons. The minimum atomic E-state index is -0.279. The van der Waals surface area contributed by atoms with Crippen LogP contribution in [-0.2, 0) is 9.53 Å². The highest BCUT2D eigenvalue weighted by Gasteiger charge is 2.35. The Balaban J connectivity index is 1.76. The zero-order valence-electron chi connectivity index (χ0n) is 11.1. The number of halogens is 2. The Morgan fingerprint density at radius 3 is 2.75 bits per heavy atom. The van der Waals surface area contributed by atoms with Crippen molar-refractivity contribution in [1.29, 1.82) is 0 Å². The third kappa shape index (κ3) is 3.20. The van der Waals surface area contributed by atoms with Gasteiger partial charge < -0.3 is 10.1 Å². The molecule has 1 aliphatic heterocycles. The van der Waals surface area contributed by atoms with E-state index in [1.807, 2.05) is 6.07 Å². The lowest BCUT2D eigenvalue weighted by atomic mass is 10.0. The van der Waals surface area contributed by atoms with E-state index < -0.39 is 0 Å². The summed E-state index contributed by atoms with van der Waals surface area (Å²) in [5.74, 6) is 0.112. The Kier molecular flexibility index (Phi) is 4.08. The van der Waals surface area contributed by atoms with Gasteiger partial charge in [-0.25, -0.2) is 4.39 Å². The summed E-state index contributed by atoms with van der Waals surface area (Å²) >= 11 is 3.31. The van der Waals surface area contributed by atoms with Crippen LogP contribution < -0.4 is 5.32 Å². The molecular weight excluding hydrogens is 325 g/mol. The molecular formula is C15H17BrFNO2. The third-order valence-corrected chi connectivity index (χ3v) is 4.39. The summed E-state index contributed by atoms with van der Waals surface area (Å²) in [5, 5.41) is 3.09. The maximum atomic E-state index is 13.5. The van der Waals surface area contributed by atoms with Gasteiger partial charge in [-0.15, -0.1) is 0 Å². The molecule has 1 N–H and O–H groups in total. The second-order valence-corrected chi connectivity index (χ2v) is 6.50. The van der Waals surface area contributed by atoms with Crippen molar-refractivity contribution in [2.45, 2.75) is 25.3 Å². The molecule has 1 heterocycles. The number of ether oxygens (including phenoxy) is 1. The van der Waals surface area contributed by atoms with E-state index in [1.54, 1.807) is 0 Å². The van der Waals surface area contributed by atoms with Gasteiger partial charge in [-0.3, -0.25) is 4.79 Å². The van der Waals surface area contributed by atoms with Gasteiger partial charge in [-0.2, -0.15) is 0 Å². The number of carbonyl (C=O) groups is 1. The Bertz CT molecular complexity index is 492. The minimum Gasteiger partial charge on any atom is -0.381 e. The number of rotatable bonds is 4. The SMILES string of the molecule is O=C(NC(c1cc(F)cc(Br)c1)C1CC1)C1CCOC1. The average molecular weight is 342 g/mol. The van der Waals surface area contributed by atoms with Gasteiger partial charge in [-0.1, -0.05) is 15.9 Å². The molecule has 0 radical (unpaired) electrons. The first-order valence-corrected chi connectivity index (χ1v) is 7.77. The lowest BCUT2D eigenvalue weighted by Gasteiger charge is -2.21. The summed E-state index contributed by atoms with van der Waals surface area (Å²) in [6.07, 6.45) is 2.94. The molecule has 1 aromatic rings. The quantitative estimate of drug-likeness (QED) is 0.913. The fourth-order valence-corrected chi connectivity index (χ4v) is 3.15. The highest BCUT2D eigenvalue weighted by Crippen LogP contribution is 2.42. The predicted molar refractivity (Wildman–Crippen MR) is 76.6 cm³/mol. The van der Waals surface area contributed by atoms with Crippen molar-refractivity contribution in [3.8, 4) is 0 Å². The topological polar surface area (TPSA) is 38.3 Å². The maximum Gasteiger partial charge on any atom is 0.226 e. The minimum absolute atomic E-state index is 0.0276. The number of nitrogens with one attached hydrogen (secondary N) is 1. The highest BCUT2D eigenvalue weighted by atomic mass is 79.9. The Morgan fingerprint density at radius 1 is 1.35 bits per heavy atom. The lowest BCUT2D eigenvalue weighted by Crippen LogP contribution is -2.35. The van der Waals surface area contributed by atoms with E-state index in [4.69, 9.17) is 4.74 Å². The van der Waals surface area contributed by atoms with Crippen molar-refractivity contribution >= 4 is 21.8 Å². The van der Waals surface area contributed by atoms with E-state index in [-0.39, 0.29) is 23.7 Å². The van der Waals surface area contributed by atoms with Gasteiger partial charge in [0, 0.05) is 11.1 Å². The molecule has 2 atom stereocenters. The summed E-state index contributed by atoms with van der Waals surface area (Å²) in [4.78, 5) is 12.2. The maximum absolute atomic E-state index is 13.5. The van der Waals surface area contributed by atoms with Gasteiger partial charge >= 0.3 is 0 Å². The summed E-state index contributed by atoms with van der Waals surface area (Å²) in [7, 11) is 0. The molecule has 3 rings (SSSR count). The van der Waals surface area contributed by atoms with Crippen LogP contribution in [0.1, 0.15) is 30.9 Å². The Morgan fingerprint density at radius 2 is 2.15 bits per heavy atom. The number of hydrogen-bond acceptors (Lipinski definition) is 2. The van der Waals surface area contributed by atoms with Crippen molar-refractivity contribution < 1.29 is 13.9 Å². The number of benzene rings is 1. The third-order valence-electron chi connectivity index (χ3n) is 3.94. The van der Waals surface area contributed by atoms with Gasteiger partial charge in [0.15, 0.2) is 0 Å². The molecule has 0 aromatic heterocycles. The largest absolute Gasteiger partial charge is 0.381 e. The van der Waals surface area contributed by atoms with Crippen LogP contribution in [0.25, 0.3) is 0 Å². The lowest BCUT2D eigenvalue weighted by molar-refractivity contribution is -0.125. The molecule has 1 saturated carbocycles. The van der Waals surface area contributed by atoms with Crippen molar-refractivity contribution in [2.75, 3.05) is 13.2 Å². The molecule has 1 aromatic carbocycles. The fraction of sp³-hybridized carbons (Fsp3) is 0.533. The van der Waals surface area contributed by atoms with E-state index in [2.05, 4.69) is 21.2 Å². The van der Waals surface area contributed by atoms with Crippen LogP contribution in [-0.4, -0.2) is 19.1 Å². The molecule has 1 aliphatic carbocycles. The van der Waals surface area contributed by atoms with E-state index in [0.717, 1.165) is 24.8 Å². The molecule has 0 spiro atoms. The van der Waals surface area contributed by atoms with Crippen LogP contribution in [0.2, 0.25) is 0 Å². The van der Waals surface area contributed by atoms with Crippen LogP contribution >= 0.6 is 15.9 Å². The Labute approximate surface area is 126 Å². The van der Waals surface area contributed by atoms with Crippen LogP contribution in [0.4, 0.5) is 4.39 Å². The molecule has 1 saturated heterocycles. The number of amides is 1. The van der Waals surface area contributed by atoms with E-state index in [1.165, 1.54) is 12.1 Å². The second-order valence-electron chi connectivity index (χ2n) is 5.59. The van der Waals surface area contributed by atoms with Gasteiger partial charge in [0.05, 0.1) is 18.6 Å². The predicted octanol–water partition coefficient (Wildman–Crippen LogP) is 3.19. The van der Waals surface area contributed by atoms with Gasteiger partial charge in [0.2, 0.25) is 5.91 Å². The van der Waals surface area contributed by atoms with Crippen LogP contribution in [0.5, 0.6) is 0 Å². The highest BCUT2D eigenvalue weighted by molar-refractivity contribution is 9.10. The first-order valence-electron chi connectivity index (χ1n) is 6.97. The molecule has 2 unspecified atom stereocenters. The zero-order valence-corrected chi connectivity index (χ0v) is 12.7. The summed E-state index contributed by atoms with van der Waals surface area (Å²) in [6, 6.07) is 4.74. The van der Waals surface area contributed by atoms with E-state index >= 15 is 0 Å². The standard InChI is InChI=1S/C15H17BrFNO2/c16-12-5-11(6-13(17)7-12)14(9-1-2-9)18-15(19)10-3-4-20-8-10/h5-7,9-10,14H,1-4,8H2,(H,18,19). The van der Waals surface area contributed by atoms with Gasteiger partial charge in [-0.05, 0) is 48.9 Å². The molecule has 0 bridgehead atoms. The first kappa shape index (κ1) is 14.0. The number of hydrogen-bond donors (Lipinski definition) is 1. The van der Waals surface area contributed by atoms with Crippen molar-refractivity contribution in [3.05, 3.63) is 34.1 Å². The normalized spacial score (nSPS) is 23.6. The van der Waals surface area contributed by atoms with Crippen LogP contribution in [0.15, 0.2) is 22.7 Å². The van der Waals surface area contributed by atoms with Gasteiger partial charge in [0.25, 0.3) is 0 Å². The summed E-state index contributed by atoms with van der Waals surface area (Å²) < 4.78 is 19.5. The molecule has 1 amide bonds. The average Bonchev–Trinajstić information content (AvgIpc) is 3.07. The van der Waals surface area contributed by atoms with Crippen LogP contribution in [0.3, 0.4) is 0 Å². The van der Waals surface area contributed by atoms with E-state index in [9.17, 15) is 9.18 Å². The zero-order chi connectivity index (χ0) is 14.1. The molecule has 2 fully saturated rings. The molecule has 3 nitrogen and oxygen atoms in total. The summed E-state index contributed by atoms with van der Waals surface area (Å²) in [5.41, 5.74) is 0.839. The monoisotopic (exact) mass is 341 g/mol. The smallest absolute Gasteiger partial charge is 0.226 e. The van der Waals surface area contributed by atoms with Gasteiger partial charge in [0.1, 0.15) is 5.82 Å². The van der Waals surface area contributed by atoms with Crippen molar-refractivity contribution in [2.24, 2.45) is 11.8 Å². The molecule has 20 heavy (non-hydrogen) atoms. The first-order chi connectivity index (χ1) is 9.63. The summed E-state index contributed by atoms with van der Waals surface area (Å²) in [6.45, 7) is 1.15. The second kappa shape index (κ2) is 5.82.